The third-order valence-electron chi connectivity index (χ3n) is 5.07. The number of nitrogens with one attached hydrogen (secondary N) is 1. The molecule has 0 radical (unpaired) electrons. The predicted molar refractivity (Wildman–Crippen MR) is 126 cm³/mol. The fourth-order valence-corrected chi connectivity index (χ4v) is 4.43. The molecule has 0 aliphatic carbocycles. The number of carbonyl (C=O) groups is 1. The van der Waals surface area contributed by atoms with E-state index >= 15 is 0 Å². The molecule has 0 aliphatic heterocycles. The average molecular weight is 488 g/mol. The fourth-order valence-electron chi connectivity index (χ4n) is 3.35. The molecular formula is C25H22NNaO6S. The first kappa shape index (κ1) is 25.7. The van der Waals surface area contributed by atoms with E-state index in [9.17, 15) is 9.90 Å². The molecule has 4 aromatic rings. The smallest absolute Gasteiger partial charge is 0.545 e. The largest absolute Gasteiger partial charge is 1.00 e. The summed E-state index contributed by atoms with van der Waals surface area (Å²) in [6, 6.07) is 17.6. The zero-order valence-electron chi connectivity index (χ0n) is 19.3. The van der Waals surface area contributed by atoms with Crippen LogP contribution in [0.2, 0.25) is 0 Å². The van der Waals surface area contributed by atoms with Crippen LogP contribution in [0.1, 0.15) is 15.2 Å². The molecule has 0 aliphatic rings. The number of anilines is 1. The number of methoxy groups -OCH3 is 3. The van der Waals surface area contributed by atoms with Gasteiger partial charge in [0.05, 0.1) is 38.7 Å². The molecule has 170 valence electrons. The van der Waals surface area contributed by atoms with Gasteiger partial charge in [0.1, 0.15) is 11.5 Å². The SMILES string of the molecule is COc1ccc(Oc2c(CNc3ccc(C(=O)[O-])cc3)sc3cc(OC)c(OC)cc23)cc1.[Na+]. The Morgan fingerprint density at radius 1 is 0.882 bits per heavy atom. The Bertz CT molecular complexity index is 1270. The Kier molecular flexibility index (Phi) is 8.68. The Morgan fingerprint density at radius 2 is 1.50 bits per heavy atom. The molecule has 3 aromatic carbocycles. The van der Waals surface area contributed by atoms with Crippen molar-refractivity contribution >= 4 is 33.1 Å². The summed E-state index contributed by atoms with van der Waals surface area (Å²) in [5, 5.41) is 15.2. The molecule has 0 bridgehead atoms. The van der Waals surface area contributed by atoms with Crippen LogP contribution in [0.5, 0.6) is 28.7 Å². The van der Waals surface area contributed by atoms with E-state index in [1.807, 2.05) is 36.4 Å². The normalized spacial score (nSPS) is 10.3. The molecule has 1 heterocycles. The van der Waals surface area contributed by atoms with Crippen molar-refractivity contribution in [2.24, 2.45) is 0 Å². The van der Waals surface area contributed by atoms with Gasteiger partial charge < -0.3 is 34.2 Å². The molecule has 0 spiro atoms. The molecule has 0 atom stereocenters. The van der Waals surface area contributed by atoms with Gasteiger partial charge >= 0.3 is 29.6 Å². The predicted octanol–water partition coefficient (Wildman–Crippen LogP) is 1.70. The van der Waals surface area contributed by atoms with Crippen LogP contribution in [0, 0.1) is 0 Å². The van der Waals surface area contributed by atoms with Crippen LogP contribution >= 0.6 is 11.3 Å². The van der Waals surface area contributed by atoms with Gasteiger partial charge in [0, 0.05) is 21.8 Å². The molecule has 0 saturated carbocycles. The Morgan fingerprint density at radius 3 is 2.09 bits per heavy atom. The minimum Gasteiger partial charge on any atom is -0.545 e. The number of carboxylic acid groups (broad SMARTS) is 1. The van der Waals surface area contributed by atoms with Crippen molar-refractivity contribution in [1.29, 1.82) is 0 Å². The van der Waals surface area contributed by atoms with Crippen molar-refractivity contribution in [3.63, 3.8) is 0 Å². The monoisotopic (exact) mass is 487 g/mol. The van der Waals surface area contributed by atoms with Crippen LogP contribution in [0.15, 0.2) is 60.7 Å². The zero-order valence-corrected chi connectivity index (χ0v) is 22.2. The molecule has 1 aromatic heterocycles. The summed E-state index contributed by atoms with van der Waals surface area (Å²) in [7, 11) is 4.81. The molecule has 0 fully saturated rings. The van der Waals surface area contributed by atoms with E-state index in [0.29, 0.717) is 29.5 Å². The molecule has 9 heteroatoms. The summed E-state index contributed by atoms with van der Waals surface area (Å²) in [6.07, 6.45) is 0. The number of hydrogen-bond acceptors (Lipinski definition) is 8. The standard InChI is InChI=1S/C25H23NO6S.Na/c1-29-17-8-10-18(11-9-17)32-24-19-12-20(30-2)21(31-3)13-22(19)33-23(24)14-26-16-6-4-15(5-7-16)25(27)28;/h4-13,26H,14H2,1-3H3,(H,27,28);/q;+1/p-1. The maximum Gasteiger partial charge on any atom is 1.00 e. The van der Waals surface area contributed by atoms with Crippen LogP contribution in [0.4, 0.5) is 5.69 Å². The number of fused-ring (bicyclic) bond motifs is 1. The molecule has 1 N–H and O–H groups in total. The number of benzene rings is 3. The first-order valence-electron chi connectivity index (χ1n) is 10.1. The summed E-state index contributed by atoms with van der Waals surface area (Å²) >= 11 is 1.57. The van der Waals surface area contributed by atoms with Gasteiger partial charge in [-0.3, -0.25) is 0 Å². The minimum absolute atomic E-state index is 0. The summed E-state index contributed by atoms with van der Waals surface area (Å²) in [5.41, 5.74) is 0.910. The maximum absolute atomic E-state index is 11.0. The van der Waals surface area contributed by atoms with Gasteiger partial charge in [-0.1, -0.05) is 12.1 Å². The quantitative estimate of drug-likeness (QED) is 0.360. The van der Waals surface area contributed by atoms with E-state index in [4.69, 9.17) is 18.9 Å². The van der Waals surface area contributed by atoms with Crippen LogP contribution in [-0.2, 0) is 6.54 Å². The van der Waals surface area contributed by atoms with E-state index in [2.05, 4.69) is 5.32 Å². The van der Waals surface area contributed by atoms with E-state index in [1.165, 1.54) is 12.1 Å². The van der Waals surface area contributed by atoms with E-state index in [1.54, 1.807) is 44.8 Å². The second kappa shape index (κ2) is 11.5. The van der Waals surface area contributed by atoms with Gasteiger partial charge in [0.15, 0.2) is 17.2 Å². The van der Waals surface area contributed by atoms with Gasteiger partial charge in [-0.25, -0.2) is 0 Å². The average Bonchev–Trinajstić information content (AvgIpc) is 3.18. The number of ether oxygens (including phenoxy) is 4. The van der Waals surface area contributed by atoms with Gasteiger partial charge in [0.2, 0.25) is 0 Å². The molecular weight excluding hydrogens is 465 g/mol. The van der Waals surface area contributed by atoms with E-state index < -0.39 is 5.97 Å². The molecule has 4 rings (SSSR count). The van der Waals surface area contributed by atoms with Crippen LogP contribution < -0.4 is 58.9 Å². The first-order chi connectivity index (χ1) is 16.0. The number of hydrogen-bond donors (Lipinski definition) is 1. The van der Waals surface area contributed by atoms with Gasteiger partial charge in [-0.15, -0.1) is 11.3 Å². The van der Waals surface area contributed by atoms with Crippen molar-refractivity contribution < 1.29 is 58.4 Å². The van der Waals surface area contributed by atoms with Crippen LogP contribution in [-0.4, -0.2) is 27.3 Å². The van der Waals surface area contributed by atoms with E-state index in [-0.39, 0.29) is 35.1 Å². The first-order valence-corrected chi connectivity index (χ1v) is 10.9. The molecule has 7 nitrogen and oxygen atoms in total. The number of thiophene rings is 1. The Hall–Kier alpha value is -2.91. The second-order valence-electron chi connectivity index (χ2n) is 7.05. The van der Waals surface area contributed by atoms with Crippen molar-refractivity contribution in [3.8, 4) is 28.7 Å². The summed E-state index contributed by atoms with van der Waals surface area (Å²) in [4.78, 5) is 11.9. The summed E-state index contributed by atoms with van der Waals surface area (Å²) in [6.45, 7) is 0.472. The van der Waals surface area contributed by atoms with Crippen LogP contribution in [0.3, 0.4) is 0 Å². The van der Waals surface area contributed by atoms with Crippen molar-refractivity contribution in [1.82, 2.24) is 0 Å². The number of carboxylic acids is 1. The summed E-state index contributed by atoms with van der Waals surface area (Å²) in [5.74, 6) is 2.17. The third-order valence-corrected chi connectivity index (χ3v) is 6.20. The molecule has 0 unspecified atom stereocenters. The number of carbonyl (C=O) groups excluding carboxylic acids is 1. The van der Waals surface area contributed by atoms with Gasteiger partial charge in [0.25, 0.3) is 0 Å². The van der Waals surface area contributed by atoms with Crippen molar-refractivity contribution in [3.05, 3.63) is 71.1 Å². The van der Waals surface area contributed by atoms with Crippen LogP contribution in [0.25, 0.3) is 10.1 Å². The second-order valence-corrected chi connectivity index (χ2v) is 8.19. The Balaban J connectivity index is 0.00000324. The number of rotatable bonds is 9. The van der Waals surface area contributed by atoms with Crippen molar-refractivity contribution in [2.75, 3.05) is 26.6 Å². The third kappa shape index (κ3) is 5.59. The number of aromatic carboxylic acids is 1. The van der Waals surface area contributed by atoms with Gasteiger partial charge in [-0.2, -0.15) is 0 Å². The fraction of sp³-hybridized carbons (Fsp3) is 0.160. The zero-order chi connectivity index (χ0) is 23.4. The molecule has 0 amide bonds. The maximum atomic E-state index is 11.0. The van der Waals surface area contributed by atoms with E-state index in [0.717, 1.165) is 26.4 Å². The minimum atomic E-state index is -1.20. The van der Waals surface area contributed by atoms with Gasteiger partial charge in [-0.05, 0) is 48.0 Å². The topological polar surface area (TPSA) is 89.1 Å². The molecule has 34 heavy (non-hydrogen) atoms. The Labute approximate surface area is 223 Å². The van der Waals surface area contributed by atoms with Crippen molar-refractivity contribution in [2.45, 2.75) is 6.54 Å². The summed E-state index contributed by atoms with van der Waals surface area (Å²) < 4.78 is 23.5. The molecule has 0 saturated heterocycles.